The second kappa shape index (κ2) is 10.1. The first-order valence-corrected chi connectivity index (χ1v) is 14.4. The van der Waals surface area contributed by atoms with Crippen molar-refractivity contribution in [2.45, 2.75) is 5.52 Å². The number of rotatable bonds is 8. The molecule has 0 saturated carbocycles. The molecule has 0 atom stereocenters. The number of hydrogen-bond donors (Lipinski definition) is 6. The zero-order chi connectivity index (χ0) is 26.1. The number of benzene rings is 2. The van der Waals surface area contributed by atoms with Crippen LogP contribution in [-0.4, -0.2) is 48.1 Å². The third-order valence-corrected chi connectivity index (χ3v) is 9.10. The molecule has 0 aliphatic rings. The fraction of sp³-hybridized carbons (Fsp3) is 0.0952. The lowest BCUT2D eigenvalue weighted by molar-refractivity contribution is 0.102. The zero-order valence-corrected chi connectivity index (χ0v) is 21.1. The maximum atomic E-state index is 12.8. The van der Waals surface area contributed by atoms with E-state index in [4.69, 9.17) is 4.74 Å². The first kappa shape index (κ1) is 25.9. The molecule has 0 aliphatic carbocycles. The molecule has 0 bridgehead atoms. The summed E-state index contributed by atoms with van der Waals surface area (Å²) in [5.74, 6) is 0.156. The Labute approximate surface area is 208 Å². The number of carbonyl (C=O) groups excluding carboxylic acids is 1. The van der Waals surface area contributed by atoms with Crippen LogP contribution >= 0.6 is 26.5 Å². The highest BCUT2D eigenvalue weighted by Gasteiger charge is 2.44. The summed E-state index contributed by atoms with van der Waals surface area (Å²) in [5.41, 5.74) is -1.25. The highest BCUT2D eigenvalue weighted by Crippen LogP contribution is 2.59. The molecular formula is C21H20N4O8P2S. The monoisotopic (exact) mass is 550 g/mol. The van der Waals surface area contributed by atoms with Crippen molar-refractivity contribution < 1.29 is 38.2 Å². The van der Waals surface area contributed by atoms with Gasteiger partial charge >= 0.3 is 15.2 Å². The van der Waals surface area contributed by atoms with Gasteiger partial charge in [0.1, 0.15) is 16.4 Å². The maximum Gasteiger partial charge on any atom is 0.360 e. The van der Waals surface area contributed by atoms with Gasteiger partial charge in [-0.15, -0.1) is 11.3 Å². The van der Waals surface area contributed by atoms with E-state index in [1.54, 1.807) is 53.9 Å². The molecular weight excluding hydrogens is 530 g/mol. The van der Waals surface area contributed by atoms with Crippen LogP contribution < -0.4 is 15.4 Å². The lowest BCUT2D eigenvalue weighted by Gasteiger charge is -2.21. The average molecular weight is 550 g/mol. The third kappa shape index (κ3) is 5.80. The molecule has 15 heteroatoms. The van der Waals surface area contributed by atoms with Crippen LogP contribution in [0.2, 0.25) is 0 Å². The molecule has 1 amide bonds. The van der Waals surface area contributed by atoms with Gasteiger partial charge in [-0.25, -0.2) is 9.97 Å². The number of amides is 1. The number of methoxy groups -OCH3 is 1. The van der Waals surface area contributed by atoms with Gasteiger partial charge in [-0.05, 0) is 47.8 Å². The van der Waals surface area contributed by atoms with Crippen LogP contribution in [0.5, 0.6) is 5.75 Å². The first-order valence-electron chi connectivity index (χ1n) is 10.1. The van der Waals surface area contributed by atoms with E-state index in [9.17, 15) is 33.5 Å². The van der Waals surface area contributed by atoms with Crippen LogP contribution in [-0.2, 0) is 9.13 Å². The summed E-state index contributed by atoms with van der Waals surface area (Å²) in [7, 11) is -8.99. The van der Waals surface area contributed by atoms with Gasteiger partial charge in [0.15, 0.2) is 5.82 Å². The summed E-state index contributed by atoms with van der Waals surface area (Å²) >= 11 is 1.20. The van der Waals surface area contributed by atoms with Gasteiger partial charge in [-0.3, -0.25) is 13.9 Å². The number of anilines is 2. The zero-order valence-electron chi connectivity index (χ0n) is 18.5. The number of thiophene rings is 1. The van der Waals surface area contributed by atoms with Gasteiger partial charge in [-0.1, -0.05) is 12.1 Å². The topological polar surface area (TPSA) is 191 Å². The Morgan fingerprint density at radius 3 is 2.33 bits per heavy atom. The van der Waals surface area contributed by atoms with Gasteiger partial charge in [0.2, 0.25) is 5.52 Å². The number of ether oxygens (including phenoxy) is 1. The predicted octanol–water partition coefficient (Wildman–Crippen LogP) is 3.67. The van der Waals surface area contributed by atoms with Gasteiger partial charge in [-0.2, -0.15) is 0 Å². The quantitative estimate of drug-likeness (QED) is 0.175. The van der Waals surface area contributed by atoms with E-state index in [1.165, 1.54) is 24.5 Å². The van der Waals surface area contributed by atoms with Gasteiger partial charge in [0.25, 0.3) is 5.91 Å². The lowest BCUT2D eigenvalue weighted by atomic mass is 10.1. The molecule has 4 aromatic rings. The number of hydrogen-bond acceptors (Lipinski definition) is 8. The Hall–Kier alpha value is -3.15. The van der Waals surface area contributed by atoms with Crippen molar-refractivity contribution in [2.24, 2.45) is 0 Å². The minimum Gasteiger partial charge on any atom is -0.497 e. The van der Waals surface area contributed by atoms with E-state index in [2.05, 4.69) is 20.6 Å². The van der Waals surface area contributed by atoms with Crippen molar-refractivity contribution in [2.75, 3.05) is 17.7 Å². The van der Waals surface area contributed by atoms with E-state index < -0.39 is 26.6 Å². The molecule has 6 N–H and O–H groups in total. The molecule has 0 aliphatic heterocycles. The highest BCUT2D eigenvalue weighted by atomic mass is 32.1. The van der Waals surface area contributed by atoms with Crippen LogP contribution in [0.15, 0.2) is 60.0 Å². The lowest BCUT2D eigenvalue weighted by Crippen LogP contribution is -2.21. The van der Waals surface area contributed by atoms with Gasteiger partial charge in [0, 0.05) is 16.8 Å². The van der Waals surface area contributed by atoms with Gasteiger partial charge < -0.3 is 34.9 Å². The Morgan fingerprint density at radius 1 is 1.00 bits per heavy atom. The molecule has 2 heterocycles. The number of nitrogens with one attached hydrogen (secondary N) is 2. The summed E-state index contributed by atoms with van der Waals surface area (Å²) in [5, 5.41) is 6.96. The predicted molar refractivity (Wildman–Crippen MR) is 135 cm³/mol. The summed E-state index contributed by atoms with van der Waals surface area (Å²) in [4.78, 5) is 59.9. The van der Waals surface area contributed by atoms with Crippen LogP contribution in [0.3, 0.4) is 0 Å². The molecule has 0 saturated heterocycles. The number of aromatic nitrogens is 2. The molecule has 0 unspecified atom stereocenters. The molecule has 4 rings (SSSR count). The second-order valence-electron chi connectivity index (χ2n) is 7.49. The normalized spacial score (nSPS) is 12.1. The van der Waals surface area contributed by atoms with E-state index in [0.717, 1.165) is 0 Å². The minimum absolute atomic E-state index is 0.0849. The molecule has 0 radical (unpaired) electrons. The molecule has 2 aromatic carbocycles. The fourth-order valence-electron chi connectivity index (χ4n) is 3.26. The average Bonchev–Trinajstić information content (AvgIpc) is 3.30. The van der Waals surface area contributed by atoms with Crippen LogP contribution in [0, 0.1) is 0 Å². The second-order valence-corrected chi connectivity index (χ2v) is 12.2. The van der Waals surface area contributed by atoms with E-state index in [-0.39, 0.29) is 17.2 Å². The molecule has 0 spiro atoms. The van der Waals surface area contributed by atoms with Crippen molar-refractivity contribution in [3.8, 4) is 17.1 Å². The first-order chi connectivity index (χ1) is 17.0. The molecule has 12 nitrogen and oxygen atoms in total. The summed E-state index contributed by atoms with van der Waals surface area (Å²) in [6.07, 6.45) is 0. The Bertz CT molecular complexity index is 1490. The SMILES string of the molecule is COc1ccc(NC(=O)c2cccc(-c3nc(NC(P(=O)(O)O)P(=O)(O)O)c4ccsc4n3)c2)cc1. The maximum absolute atomic E-state index is 12.8. The molecule has 2 aromatic heterocycles. The Balaban J connectivity index is 1.68. The summed E-state index contributed by atoms with van der Waals surface area (Å²) < 4.78 is 28.6. The largest absolute Gasteiger partial charge is 0.497 e. The van der Waals surface area contributed by atoms with Gasteiger partial charge in [0.05, 0.1) is 12.5 Å². The van der Waals surface area contributed by atoms with Crippen molar-refractivity contribution in [3.05, 3.63) is 65.5 Å². The number of nitrogens with zero attached hydrogens (tertiary/aromatic N) is 2. The van der Waals surface area contributed by atoms with Crippen LogP contribution in [0.4, 0.5) is 11.5 Å². The molecule has 0 fully saturated rings. The highest BCUT2D eigenvalue weighted by molar-refractivity contribution is 7.71. The van der Waals surface area contributed by atoms with Crippen molar-refractivity contribution in [1.29, 1.82) is 0 Å². The minimum atomic E-state index is -5.26. The fourth-order valence-corrected chi connectivity index (χ4v) is 6.17. The van der Waals surface area contributed by atoms with Crippen LogP contribution in [0.1, 0.15) is 10.4 Å². The van der Waals surface area contributed by atoms with Crippen molar-refractivity contribution in [3.63, 3.8) is 0 Å². The smallest absolute Gasteiger partial charge is 0.360 e. The number of fused-ring (bicyclic) bond motifs is 1. The van der Waals surface area contributed by atoms with E-state index in [1.807, 2.05) is 0 Å². The third-order valence-electron chi connectivity index (χ3n) is 4.96. The van der Waals surface area contributed by atoms with Crippen molar-refractivity contribution >= 4 is 54.2 Å². The van der Waals surface area contributed by atoms with E-state index >= 15 is 0 Å². The Morgan fingerprint density at radius 2 is 1.69 bits per heavy atom. The standard InChI is InChI=1S/C21H20N4O8P2S/c1-33-15-7-5-14(6-8-15)22-19(26)13-4-2-3-12(11-13)17-23-18(16-9-10-36-20(16)24-17)25-21(34(27,28)29)35(30,31)32/h2-11,21H,1H3,(H,22,26)(H,23,24,25)(H2,27,28,29)(H2,30,31,32). The Kier molecular flexibility index (Phi) is 7.26. The molecule has 36 heavy (non-hydrogen) atoms. The van der Waals surface area contributed by atoms with Crippen molar-refractivity contribution in [1.82, 2.24) is 9.97 Å². The molecule has 188 valence electrons. The summed E-state index contributed by atoms with van der Waals surface area (Å²) in [6, 6.07) is 14.7. The summed E-state index contributed by atoms with van der Waals surface area (Å²) in [6.45, 7) is 0. The number of carbonyl (C=O) groups is 1. The van der Waals surface area contributed by atoms with E-state index in [0.29, 0.717) is 27.2 Å². The van der Waals surface area contributed by atoms with Crippen LogP contribution in [0.25, 0.3) is 21.6 Å².